The summed E-state index contributed by atoms with van der Waals surface area (Å²) < 4.78 is 33.1. The molecule has 0 saturated heterocycles. The van der Waals surface area contributed by atoms with Gasteiger partial charge in [0.15, 0.2) is 0 Å². The topological polar surface area (TPSA) is 112 Å². The molecule has 2 heterocycles. The van der Waals surface area contributed by atoms with E-state index < -0.39 is 10.1 Å². The predicted octanol–water partition coefficient (Wildman–Crippen LogP) is 5.49. The van der Waals surface area contributed by atoms with Crippen molar-refractivity contribution < 1.29 is 17.4 Å². The third-order valence-electron chi connectivity index (χ3n) is 6.57. The highest BCUT2D eigenvalue weighted by atomic mass is 32.2. The molecule has 0 fully saturated rings. The summed E-state index contributed by atoms with van der Waals surface area (Å²) in [4.78, 5) is 29.2. The second kappa shape index (κ2) is 10.2. The Kier molecular flexibility index (Phi) is 7.80. The first kappa shape index (κ1) is 27.6. The van der Waals surface area contributed by atoms with Crippen LogP contribution in [0.15, 0.2) is 40.1 Å². The van der Waals surface area contributed by atoms with E-state index in [1.807, 2.05) is 31.7 Å². The maximum atomic E-state index is 13.9. The Bertz CT molecular complexity index is 1440. The van der Waals surface area contributed by atoms with E-state index in [9.17, 15) is 13.2 Å². The first-order chi connectivity index (χ1) is 16.8. The third kappa shape index (κ3) is 4.84. The summed E-state index contributed by atoms with van der Waals surface area (Å²) in [6.07, 6.45) is 1.03. The molecule has 3 aromatic rings. The molecule has 0 atom stereocenters. The van der Waals surface area contributed by atoms with Crippen molar-refractivity contribution >= 4 is 27.7 Å². The van der Waals surface area contributed by atoms with Crippen LogP contribution in [0, 0.1) is 37.6 Å². The van der Waals surface area contributed by atoms with Gasteiger partial charge in [-0.25, -0.2) is 4.68 Å². The highest BCUT2D eigenvalue weighted by Gasteiger charge is 2.35. The first-order valence-electron chi connectivity index (χ1n) is 11.4. The SMILES string of the molecule is Cc1ccccc1S(=O)(=O)Oc1c(C(=O)c2cc(C)c3c(c2C)C(C)(C)CCS3)c(C)nn1C.O=O. The molecule has 0 saturated carbocycles. The lowest BCUT2D eigenvalue weighted by molar-refractivity contribution is 0.103. The fourth-order valence-corrected chi connectivity index (χ4v) is 7.65. The third-order valence-corrected chi connectivity index (χ3v) is 9.17. The molecule has 0 unspecified atom stereocenters. The highest BCUT2D eigenvalue weighted by Crippen LogP contribution is 2.46. The summed E-state index contributed by atoms with van der Waals surface area (Å²) in [5.41, 5.74) is 4.84. The zero-order valence-corrected chi connectivity index (χ0v) is 23.1. The molecule has 0 aliphatic carbocycles. The van der Waals surface area contributed by atoms with Gasteiger partial charge in [0, 0.05) is 27.4 Å². The van der Waals surface area contributed by atoms with Gasteiger partial charge in [0.25, 0.3) is 0 Å². The molecule has 192 valence electrons. The number of thioether (sulfide) groups is 1. The average Bonchev–Trinajstić information content (AvgIpc) is 3.08. The molecule has 0 radical (unpaired) electrons. The molecular weight excluding hydrogens is 500 g/mol. The van der Waals surface area contributed by atoms with Crippen LogP contribution in [-0.4, -0.2) is 29.7 Å². The Morgan fingerprint density at radius 1 is 1.08 bits per heavy atom. The summed E-state index contributed by atoms with van der Waals surface area (Å²) in [6, 6.07) is 8.51. The maximum absolute atomic E-state index is 13.9. The average molecular weight is 531 g/mol. The van der Waals surface area contributed by atoms with Gasteiger partial charge < -0.3 is 4.18 Å². The van der Waals surface area contributed by atoms with E-state index in [0.717, 1.165) is 23.3 Å². The number of carbonyl (C=O) groups excluding carboxylic acids is 1. The Labute approximate surface area is 215 Å². The number of hydrogen-bond donors (Lipinski definition) is 0. The minimum Gasteiger partial charge on any atom is -0.358 e. The molecule has 36 heavy (non-hydrogen) atoms. The van der Waals surface area contributed by atoms with Crippen molar-refractivity contribution in [2.75, 3.05) is 5.75 Å². The Morgan fingerprint density at radius 2 is 1.72 bits per heavy atom. The lowest BCUT2D eigenvalue weighted by atomic mass is 9.76. The number of aromatic nitrogens is 2. The molecule has 0 spiro atoms. The molecule has 1 aliphatic rings. The van der Waals surface area contributed by atoms with E-state index in [4.69, 9.17) is 14.1 Å². The molecular formula is C26H30N2O6S2. The van der Waals surface area contributed by atoms with Crippen molar-refractivity contribution in [2.45, 2.75) is 63.2 Å². The normalized spacial score (nSPS) is 14.4. The summed E-state index contributed by atoms with van der Waals surface area (Å²) in [5, 5.41) is 4.33. The smallest absolute Gasteiger partial charge is 0.340 e. The summed E-state index contributed by atoms with van der Waals surface area (Å²) >= 11 is 1.83. The van der Waals surface area contributed by atoms with Gasteiger partial charge in [-0.15, -0.1) is 11.8 Å². The van der Waals surface area contributed by atoms with E-state index >= 15 is 0 Å². The minimum atomic E-state index is -4.16. The fourth-order valence-electron chi connectivity index (χ4n) is 4.78. The number of fused-ring (bicyclic) bond motifs is 1. The number of nitrogens with zero attached hydrogens (tertiary/aromatic N) is 2. The Morgan fingerprint density at radius 3 is 2.36 bits per heavy atom. The van der Waals surface area contributed by atoms with Crippen molar-refractivity contribution in [1.29, 1.82) is 0 Å². The maximum Gasteiger partial charge on any atom is 0.340 e. The van der Waals surface area contributed by atoms with Crippen molar-refractivity contribution in [3.05, 3.63) is 79.3 Å². The molecule has 1 aliphatic heterocycles. The van der Waals surface area contributed by atoms with Crippen LogP contribution in [0.25, 0.3) is 0 Å². The van der Waals surface area contributed by atoms with Crippen LogP contribution in [0.5, 0.6) is 5.88 Å². The second-order valence-electron chi connectivity index (χ2n) is 9.57. The number of ketones is 1. The van der Waals surface area contributed by atoms with Gasteiger partial charge in [0.2, 0.25) is 11.7 Å². The molecule has 0 bridgehead atoms. The summed E-state index contributed by atoms with van der Waals surface area (Å²) in [7, 11) is -2.58. The second-order valence-corrected chi connectivity index (χ2v) is 12.2. The van der Waals surface area contributed by atoms with Crippen molar-refractivity contribution in [3.8, 4) is 5.88 Å². The van der Waals surface area contributed by atoms with Crippen LogP contribution in [0.3, 0.4) is 0 Å². The number of benzene rings is 2. The van der Waals surface area contributed by atoms with Gasteiger partial charge >= 0.3 is 10.1 Å². The molecule has 0 N–H and O–H groups in total. The van der Waals surface area contributed by atoms with E-state index in [0.29, 0.717) is 16.8 Å². The standard InChI is InChI=1S/C26H30N2O4S2.O2/c1-15-10-8-9-11-20(15)34(30,31)32-25-21(18(4)27-28(25)7)23(29)19-14-16(2)24-22(17(19)3)26(5,6)12-13-33-24;1-2/h8-11,14H,12-13H2,1-7H3;. The van der Waals surface area contributed by atoms with Crippen molar-refractivity contribution in [1.82, 2.24) is 9.78 Å². The zero-order chi connectivity index (χ0) is 27.0. The van der Waals surface area contributed by atoms with Crippen LogP contribution in [0.2, 0.25) is 0 Å². The van der Waals surface area contributed by atoms with Crippen LogP contribution in [0.4, 0.5) is 0 Å². The summed E-state index contributed by atoms with van der Waals surface area (Å²) in [5.74, 6) is 0.689. The van der Waals surface area contributed by atoms with Gasteiger partial charge in [0.1, 0.15) is 10.5 Å². The van der Waals surface area contributed by atoms with Crippen LogP contribution in [0.1, 0.15) is 64.1 Å². The highest BCUT2D eigenvalue weighted by molar-refractivity contribution is 7.99. The van der Waals surface area contributed by atoms with Crippen LogP contribution >= 0.6 is 11.8 Å². The van der Waals surface area contributed by atoms with Gasteiger partial charge in [0.05, 0.1) is 5.69 Å². The lowest BCUT2D eigenvalue weighted by Gasteiger charge is -2.35. The number of rotatable bonds is 5. The van der Waals surface area contributed by atoms with E-state index in [2.05, 4.69) is 18.9 Å². The van der Waals surface area contributed by atoms with E-state index in [1.165, 1.54) is 21.2 Å². The lowest BCUT2D eigenvalue weighted by Crippen LogP contribution is -2.26. The van der Waals surface area contributed by atoms with Gasteiger partial charge in [-0.3, -0.25) is 4.79 Å². The monoisotopic (exact) mass is 530 g/mol. The molecule has 8 nitrogen and oxygen atoms in total. The van der Waals surface area contributed by atoms with E-state index in [-0.39, 0.29) is 27.5 Å². The van der Waals surface area contributed by atoms with Crippen molar-refractivity contribution in [2.24, 2.45) is 7.05 Å². The first-order valence-corrected chi connectivity index (χ1v) is 13.8. The fraction of sp³-hybridized carbons (Fsp3) is 0.385. The summed E-state index contributed by atoms with van der Waals surface area (Å²) in [6.45, 7) is 11.8. The van der Waals surface area contributed by atoms with Crippen molar-refractivity contribution in [3.63, 3.8) is 0 Å². The Balaban J connectivity index is 0.00000176. The molecule has 2 aromatic carbocycles. The predicted molar refractivity (Wildman–Crippen MR) is 141 cm³/mol. The van der Waals surface area contributed by atoms with E-state index in [1.54, 1.807) is 39.1 Å². The number of aryl methyl sites for hydroxylation is 4. The minimum absolute atomic E-state index is 0.0524. The van der Waals surface area contributed by atoms with Crippen LogP contribution < -0.4 is 4.18 Å². The number of hydrogen-bond acceptors (Lipinski definition) is 8. The van der Waals surface area contributed by atoms with Gasteiger partial charge in [-0.05, 0) is 79.7 Å². The molecule has 1 aromatic heterocycles. The Hall–Kier alpha value is -2.98. The zero-order valence-electron chi connectivity index (χ0n) is 21.5. The largest absolute Gasteiger partial charge is 0.358 e. The molecule has 4 rings (SSSR count). The quantitative estimate of drug-likeness (QED) is 0.314. The number of carbonyl (C=O) groups is 1. The van der Waals surface area contributed by atoms with Crippen LogP contribution in [-0.2, 0) is 22.6 Å². The molecule has 0 amide bonds. The van der Waals surface area contributed by atoms with Gasteiger partial charge in [-0.2, -0.15) is 13.5 Å². The van der Waals surface area contributed by atoms with Gasteiger partial charge in [-0.1, -0.05) is 32.0 Å². The molecule has 10 heteroatoms.